The summed E-state index contributed by atoms with van der Waals surface area (Å²) >= 11 is 0. The Balaban J connectivity index is 0.000000228. The summed E-state index contributed by atoms with van der Waals surface area (Å²) in [4.78, 5) is 13.8. The Bertz CT molecular complexity index is 951. The lowest BCUT2D eigenvalue weighted by Gasteiger charge is -2.23. The van der Waals surface area contributed by atoms with Gasteiger partial charge >= 0.3 is 0 Å². The molecule has 1 aliphatic carbocycles. The molecule has 1 fully saturated rings. The molecular formula is C23H27F3N2O2. The largest absolute Gasteiger partial charge is 0.395 e. The Morgan fingerprint density at radius 1 is 1.07 bits per heavy atom. The molecule has 3 aromatic rings. The van der Waals surface area contributed by atoms with E-state index in [-0.39, 0.29) is 29.8 Å². The van der Waals surface area contributed by atoms with Gasteiger partial charge in [0, 0.05) is 29.6 Å². The lowest BCUT2D eigenvalue weighted by molar-refractivity contribution is -0.127. The SMILES string of the molecule is CC.Fc1ccc(-c2cc3cc(F)cc(F)c3[nH]2)cc1.O=C(NCCO)C1CCC1. The number of hydrogen-bond acceptors (Lipinski definition) is 2. The van der Waals surface area contributed by atoms with Gasteiger partial charge in [0.15, 0.2) is 0 Å². The molecule has 1 amide bonds. The minimum absolute atomic E-state index is 0.0401. The Morgan fingerprint density at radius 3 is 2.30 bits per heavy atom. The first-order chi connectivity index (χ1) is 14.5. The summed E-state index contributed by atoms with van der Waals surface area (Å²) in [7, 11) is 0. The molecule has 0 bridgehead atoms. The third kappa shape index (κ3) is 6.10. The minimum Gasteiger partial charge on any atom is -0.395 e. The number of carbonyl (C=O) groups is 1. The quantitative estimate of drug-likeness (QED) is 0.545. The number of halogens is 3. The molecule has 1 saturated carbocycles. The first-order valence-corrected chi connectivity index (χ1v) is 10.1. The molecule has 0 aliphatic heterocycles. The van der Waals surface area contributed by atoms with Crippen LogP contribution in [-0.2, 0) is 4.79 Å². The van der Waals surface area contributed by atoms with Crippen molar-refractivity contribution in [2.75, 3.05) is 13.2 Å². The van der Waals surface area contributed by atoms with Crippen molar-refractivity contribution in [1.29, 1.82) is 0 Å². The summed E-state index contributed by atoms with van der Waals surface area (Å²) in [6, 6.07) is 9.50. The monoisotopic (exact) mass is 420 g/mol. The van der Waals surface area contributed by atoms with Crippen LogP contribution < -0.4 is 5.32 Å². The maximum absolute atomic E-state index is 13.5. The third-order valence-electron chi connectivity index (χ3n) is 4.69. The number of rotatable bonds is 4. The average molecular weight is 420 g/mol. The van der Waals surface area contributed by atoms with E-state index < -0.39 is 11.6 Å². The van der Waals surface area contributed by atoms with E-state index in [0.29, 0.717) is 23.2 Å². The number of benzene rings is 2. The van der Waals surface area contributed by atoms with Crippen LogP contribution in [0.4, 0.5) is 13.2 Å². The number of amides is 1. The van der Waals surface area contributed by atoms with Crippen molar-refractivity contribution in [2.24, 2.45) is 5.92 Å². The summed E-state index contributed by atoms with van der Waals surface area (Å²) in [5, 5.41) is 11.5. The Kier molecular flexibility index (Phi) is 8.92. The number of aliphatic hydroxyl groups is 1. The second kappa shape index (κ2) is 11.4. The molecule has 7 heteroatoms. The Hall–Kier alpha value is -2.80. The maximum Gasteiger partial charge on any atom is 0.223 e. The highest BCUT2D eigenvalue weighted by atomic mass is 19.1. The number of H-pyrrole nitrogens is 1. The van der Waals surface area contributed by atoms with Gasteiger partial charge in [0.25, 0.3) is 0 Å². The van der Waals surface area contributed by atoms with Crippen LogP contribution in [0.5, 0.6) is 0 Å². The molecule has 3 N–H and O–H groups in total. The molecule has 1 aliphatic rings. The fourth-order valence-corrected chi connectivity index (χ4v) is 2.94. The lowest BCUT2D eigenvalue weighted by atomic mass is 9.85. The van der Waals surface area contributed by atoms with Gasteiger partial charge in [0.1, 0.15) is 17.5 Å². The number of aliphatic hydroxyl groups excluding tert-OH is 1. The molecule has 0 unspecified atom stereocenters. The topological polar surface area (TPSA) is 65.1 Å². The molecule has 0 saturated heterocycles. The van der Waals surface area contributed by atoms with Gasteiger partial charge in [-0.1, -0.05) is 20.3 Å². The smallest absolute Gasteiger partial charge is 0.223 e. The van der Waals surface area contributed by atoms with Crippen LogP contribution in [0.2, 0.25) is 0 Å². The second-order valence-corrected chi connectivity index (χ2v) is 6.68. The van der Waals surface area contributed by atoms with Gasteiger partial charge in [-0.15, -0.1) is 0 Å². The lowest BCUT2D eigenvalue weighted by Crippen LogP contribution is -2.35. The van der Waals surface area contributed by atoms with E-state index >= 15 is 0 Å². The molecule has 0 spiro atoms. The maximum atomic E-state index is 13.5. The van der Waals surface area contributed by atoms with E-state index in [4.69, 9.17) is 5.11 Å². The molecule has 1 heterocycles. The molecule has 4 nitrogen and oxygen atoms in total. The summed E-state index contributed by atoms with van der Waals surface area (Å²) in [6.07, 6.45) is 3.23. The van der Waals surface area contributed by atoms with E-state index in [1.807, 2.05) is 13.8 Å². The molecular weight excluding hydrogens is 393 g/mol. The van der Waals surface area contributed by atoms with E-state index in [2.05, 4.69) is 10.3 Å². The number of aromatic amines is 1. The van der Waals surface area contributed by atoms with E-state index in [0.717, 1.165) is 18.9 Å². The first kappa shape index (κ1) is 23.5. The van der Waals surface area contributed by atoms with Gasteiger partial charge in [-0.25, -0.2) is 13.2 Å². The predicted molar refractivity (Wildman–Crippen MR) is 112 cm³/mol. The third-order valence-corrected chi connectivity index (χ3v) is 4.69. The van der Waals surface area contributed by atoms with Crippen LogP contribution >= 0.6 is 0 Å². The van der Waals surface area contributed by atoms with Gasteiger partial charge in [0.05, 0.1) is 12.1 Å². The highest BCUT2D eigenvalue weighted by Gasteiger charge is 2.24. The zero-order valence-corrected chi connectivity index (χ0v) is 17.1. The summed E-state index contributed by atoms with van der Waals surface area (Å²) in [6.45, 7) is 4.44. The number of carbonyl (C=O) groups excluding carboxylic acids is 1. The van der Waals surface area contributed by atoms with Crippen molar-refractivity contribution < 1.29 is 23.1 Å². The van der Waals surface area contributed by atoms with Crippen LogP contribution in [0, 0.1) is 23.4 Å². The van der Waals surface area contributed by atoms with Gasteiger partial charge < -0.3 is 15.4 Å². The normalized spacial score (nSPS) is 12.9. The first-order valence-electron chi connectivity index (χ1n) is 10.1. The predicted octanol–water partition coefficient (Wildman–Crippen LogP) is 5.17. The van der Waals surface area contributed by atoms with Gasteiger partial charge in [-0.2, -0.15) is 0 Å². The Labute approximate surface area is 174 Å². The van der Waals surface area contributed by atoms with Crippen LogP contribution in [0.15, 0.2) is 42.5 Å². The van der Waals surface area contributed by atoms with Crippen LogP contribution in [-0.4, -0.2) is 29.1 Å². The van der Waals surface area contributed by atoms with Crippen molar-refractivity contribution in [3.63, 3.8) is 0 Å². The summed E-state index contributed by atoms with van der Waals surface area (Å²) in [5.41, 5.74) is 1.58. The minimum atomic E-state index is -0.640. The fraction of sp³-hybridized carbons (Fsp3) is 0.348. The molecule has 0 atom stereocenters. The van der Waals surface area contributed by atoms with Crippen molar-refractivity contribution in [2.45, 2.75) is 33.1 Å². The highest BCUT2D eigenvalue weighted by molar-refractivity contribution is 5.86. The summed E-state index contributed by atoms with van der Waals surface area (Å²) < 4.78 is 39.4. The van der Waals surface area contributed by atoms with E-state index in [9.17, 15) is 18.0 Å². The fourth-order valence-electron chi connectivity index (χ4n) is 2.94. The van der Waals surface area contributed by atoms with Crippen molar-refractivity contribution >= 4 is 16.8 Å². The van der Waals surface area contributed by atoms with Gasteiger partial charge in [0.2, 0.25) is 5.91 Å². The van der Waals surface area contributed by atoms with E-state index in [1.165, 1.54) is 24.6 Å². The van der Waals surface area contributed by atoms with Crippen LogP contribution in [0.3, 0.4) is 0 Å². The molecule has 1 aromatic heterocycles. The van der Waals surface area contributed by atoms with Crippen molar-refractivity contribution in [3.05, 3.63) is 59.9 Å². The number of nitrogens with one attached hydrogen (secondary N) is 2. The zero-order chi connectivity index (χ0) is 22.1. The number of fused-ring (bicyclic) bond motifs is 1. The zero-order valence-electron chi connectivity index (χ0n) is 17.1. The van der Waals surface area contributed by atoms with Crippen molar-refractivity contribution in [1.82, 2.24) is 10.3 Å². The standard InChI is InChI=1S/C14H8F3N.C7H13NO2.C2H6/c15-10-3-1-8(2-4-10)13-6-9-5-11(16)7-12(17)14(9)18-13;9-5-4-8-7(10)6-2-1-3-6;1-2/h1-7,18H;6,9H,1-5H2,(H,8,10);1-2H3. The molecule has 30 heavy (non-hydrogen) atoms. The molecule has 2 aromatic carbocycles. The highest BCUT2D eigenvalue weighted by Crippen LogP contribution is 2.27. The summed E-state index contributed by atoms with van der Waals surface area (Å²) in [5.74, 6) is -1.25. The van der Waals surface area contributed by atoms with E-state index in [1.54, 1.807) is 18.2 Å². The molecule has 0 radical (unpaired) electrons. The molecule has 162 valence electrons. The second-order valence-electron chi connectivity index (χ2n) is 6.68. The van der Waals surface area contributed by atoms with Crippen LogP contribution in [0.1, 0.15) is 33.1 Å². The number of aromatic nitrogens is 1. The van der Waals surface area contributed by atoms with Crippen molar-refractivity contribution in [3.8, 4) is 11.3 Å². The number of hydrogen-bond donors (Lipinski definition) is 3. The molecule has 4 rings (SSSR count). The Morgan fingerprint density at radius 2 is 1.73 bits per heavy atom. The van der Waals surface area contributed by atoms with Crippen LogP contribution in [0.25, 0.3) is 22.2 Å². The van der Waals surface area contributed by atoms with Gasteiger partial charge in [-0.3, -0.25) is 4.79 Å². The van der Waals surface area contributed by atoms with Gasteiger partial charge in [-0.05, 0) is 54.8 Å². The average Bonchev–Trinajstić information content (AvgIpc) is 3.12.